The highest BCUT2D eigenvalue weighted by Gasteiger charge is 1.98. The molecule has 0 spiro atoms. The molecular weight excluding hydrogens is 264 g/mol. The second kappa shape index (κ2) is 6.51. The monoisotopic (exact) mass is 280 g/mol. The molecule has 0 aliphatic carbocycles. The van der Waals surface area contributed by atoms with Crippen LogP contribution in [0, 0.1) is 6.92 Å². The zero-order valence-electron chi connectivity index (χ0n) is 10.2. The van der Waals surface area contributed by atoms with Crippen molar-refractivity contribution < 1.29 is 0 Å². The third-order valence-corrected chi connectivity index (χ3v) is 4.17. The van der Waals surface area contributed by atoms with Gasteiger partial charge in [-0.25, -0.2) is 9.98 Å². The Hall–Kier alpha value is -1.40. The van der Waals surface area contributed by atoms with Crippen LogP contribution in [0.2, 0.25) is 0 Å². The lowest BCUT2D eigenvalue weighted by Gasteiger charge is -2.03. The molecule has 0 saturated carbocycles. The van der Waals surface area contributed by atoms with E-state index in [1.165, 1.54) is 4.88 Å². The molecule has 2 aromatic heterocycles. The van der Waals surface area contributed by atoms with Gasteiger partial charge in [-0.1, -0.05) is 6.07 Å². The SMILES string of the molecule is Cc1ncc(CN=C(N)NCCc2cccs2)s1. The Kier molecular flexibility index (Phi) is 4.72. The number of hydrogen-bond acceptors (Lipinski definition) is 4. The lowest BCUT2D eigenvalue weighted by atomic mass is 10.3. The van der Waals surface area contributed by atoms with E-state index in [1.807, 2.05) is 13.1 Å². The quantitative estimate of drug-likeness (QED) is 0.651. The lowest BCUT2D eigenvalue weighted by Crippen LogP contribution is -2.33. The summed E-state index contributed by atoms with van der Waals surface area (Å²) < 4.78 is 0. The summed E-state index contributed by atoms with van der Waals surface area (Å²) in [6, 6.07) is 4.18. The van der Waals surface area contributed by atoms with E-state index in [4.69, 9.17) is 5.73 Å². The summed E-state index contributed by atoms with van der Waals surface area (Å²) in [6.07, 6.45) is 2.83. The molecule has 0 atom stereocenters. The zero-order valence-corrected chi connectivity index (χ0v) is 11.9. The Morgan fingerprint density at radius 3 is 3.06 bits per heavy atom. The van der Waals surface area contributed by atoms with Crippen LogP contribution in [-0.2, 0) is 13.0 Å². The van der Waals surface area contributed by atoms with Crippen LogP contribution in [0.5, 0.6) is 0 Å². The molecule has 0 fully saturated rings. The molecule has 2 rings (SSSR count). The van der Waals surface area contributed by atoms with Crippen LogP contribution in [0.4, 0.5) is 0 Å². The maximum Gasteiger partial charge on any atom is 0.188 e. The van der Waals surface area contributed by atoms with Gasteiger partial charge in [0.1, 0.15) is 0 Å². The summed E-state index contributed by atoms with van der Waals surface area (Å²) in [5.41, 5.74) is 5.79. The predicted molar refractivity (Wildman–Crippen MR) is 78.2 cm³/mol. The van der Waals surface area contributed by atoms with Crippen LogP contribution in [-0.4, -0.2) is 17.5 Å². The van der Waals surface area contributed by atoms with E-state index in [1.54, 1.807) is 22.7 Å². The van der Waals surface area contributed by atoms with Gasteiger partial charge in [0.2, 0.25) is 0 Å². The van der Waals surface area contributed by atoms with Crippen LogP contribution in [0.25, 0.3) is 0 Å². The molecule has 0 aliphatic heterocycles. The second-order valence-corrected chi connectivity index (χ2v) is 6.15. The smallest absolute Gasteiger partial charge is 0.188 e. The van der Waals surface area contributed by atoms with Gasteiger partial charge in [0.25, 0.3) is 0 Å². The van der Waals surface area contributed by atoms with E-state index in [2.05, 4.69) is 32.8 Å². The maximum absolute atomic E-state index is 5.79. The van der Waals surface area contributed by atoms with Crippen LogP contribution in [0.3, 0.4) is 0 Å². The number of thiazole rings is 1. The summed E-state index contributed by atoms with van der Waals surface area (Å²) in [5.74, 6) is 0.498. The summed E-state index contributed by atoms with van der Waals surface area (Å²) in [4.78, 5) is 11.0. The number of aryl methyl sites for hydroxylation is 1. The van der Waals surface area contributed by atoms with Crippen molar-refractivity contribution in [2.24, 2.45) is 10.7 Å². The minimum Gasteiger partial charge on any atom is -0.370 e. The number of nitrogens with two attached hydrogens (primary N) is 1. The molecule has 0 unspecified atom stereocenters. The number of nitrogens with one attached hydrogen (secondary N) is 1. The Labute approximate surface area is 115 Å². The van der Waals surface area contributed by atoms with E-state index in [9.17, 15) is 0 Å². The first-order valence-corrected chi connectivity index (χ1v) is 7.41. The van der Waals surface area contributed by atoms with Gasteiger partial charge in [-0.3, -0.25) is 0 Å². The standard InChI is InChI=1S/C12H16N4S2/c1-9-15-7-11(18-9)8-16-12(13)14-5-4-10-3-2-6-17-10/h2-3,6-7H,4-5,8H2,1H3,(H3,13,14,16). The molecule has 0 amide bonds. The molecule has 2 heterocycles. The number of nitrogens with zero attached hydrogens (tertiary/aromatic N) is 2. The van der Waals surface area contributed by atoms with Crippen molar-refractivity contribution in [1.29, 1.82) is 0 Å². The molecule has 4 nitrogen and oxygen atoms in total. The van der Waals surface area contributed by atoms with Crippen LogP contribution >= 0.6 is 22.7 Å². The van der Waals surface area contributed by atoms with E-state index in [0.29, 0.717) is 12.5 Å². The molecule has 0 aliphatic rings. The van der Waals surface area contributed by atoms with Crippen LogP contribution in [0.1, 0.15) is 14.8 Å². The van der Waals surface area contributed by atoms with Gasteiger partial charge < -0.3 is 11.1 Å². The number of thiophene rings is 1. The van der Waals surface area contributed by atoms with Gasteiger partial charge in [-0.15, -0.1) is 22.7 Å². The molecule has 6 heteroatoms. The third-order valence-electron chi connectivity index (χ3n) is 2.33. The van der Waals surface area contributed by atoms with Crippen molar-refractivity contribution >= 4 is 28.6 Å². The fraction of sp³-hybridized carbons (Fsp3) is 0.333. The Morgan fingerprint density at radius 1 is 1.50 bits per heavy atom. The molecule has 2 aromatic rings. The van der Waals surface area contributed by atoms with Gasteiger partial charge >= 0.3 is 0 Å². The molecular formula is C12H16N4S2. The van der Waals surface area contributed by atoms with Crippen molar-refractivity contribution in [3.05, 3.63) is 38.5 Å². The summed E-state index contributed by atoms with van der Waals surface area (Å²) in [7, 11) is 0. The first-order chi connectivity index (χ1) is 8.74. The maximum atomic E-state index is 5.79. The largest absolute Gasteiger partial charge is 0.370 e. The number of hydrogen-bond donors (Lipinski definition) is 2. The van der Waals surface area contributed by atoms with Gasteiger partial charge in [-0.2, -0.15) is 0 Å². The first kappa shape index (κ1) is 13.0. The minimum atomic E-state index is 0.498. The normalized spacial score (nSPS) is 11.7. The molecule has 0 aromatic carbocycles. The number of rotatable bonds is 5. The van der Waals surface area contributed by atoms with E-state index >= 15 is 0 Å². The average Bonchev–Trinajstić information content (AvgIpc) is 2.98. The van der Waals surface area contributed by atoms with E-state index < -0.39 is 0 Å². The van der Waals surface area contributed by atoms with Crippen molar-refractivity contribution in [2.45, 2.75) is 19.9 Å². The zero-order chi connectivity index (χ0) is 12.8. The van der Waals surface area contributed by atoms with Gasteiger partial charge in [0.15, 0.2) is 5.96 Å². The highest BCUT2D eigenvalue weighted by atomic mass is 32.1. The fourth-order valence-electron chi connectivity index (χ4n) is 1.47. The Balaban J connectivity index is 1.72. The molecule has 0 bridgehead atoms. The number of aromatic nitrogens is 1. The van der Waals surface area contributed by atoms with E-state index in [0.717, 1.165) is 22.9 Å². The van der Waals surface area contributed by atoms with Crippen molar-refractivity contribution in [2.75, 3.05) is 6.54 Å². The molecule has 0 saturated heterocycles. The fourth-order valence-corrected chi connectivity index (χ4v) is 2.89. The highest BCUT2D eigenvalue weighted by Crippen LogP contribution is 2.12. The van der Waals surface area contributed by atoms with Crippen molar-refractivity contribution in [3.8, 4) is 0 Å². The molecule has 3 N–H and O–H groups in total. The first-order valence-electron chi connectivity index (χ1n) is 5.71. The van der Waals surface area contributed by atoms with Gasteiger partial charge in [0, 0.05) is 22.5 Å². The summed E-state index contributed by atoms with van der Waals surface area (Å²) in [6.45, 7) is 3.40. The number of aliphatic imine (C=N–C) groups is 1. The predicted octanol–water partition coefficient (Wildman–Crippen LogP) is 2.16. The van der Waals surface area contributed by atoms with Crippen LogP contribution in [0.15, 0.2) is 28.7 Å². The Morgan fingerprint density at radius 2 is 2.39 bits per heavy atom. The molecule has 0 radical (unpaired) electrons. The molecule has 18 heavy (non-hydrogen) atoms. The third kappa shape index (κ3) is 4.12. The lowest BCUT2D eigenvalue weighted by molar-refractivity contribution is 0.858. The second-order valence-electron chi connectivity index (χ2n) is 3.80. The van der Waals surface area contributed by atoms with Crippen molar-refractivity contribution in [1.82, 2.24) is 10.3 Å². The molecule has 96 valence electrons. The highest BCUT2D eigenvalue weighted by molar-refractivity contribution is 7.11. The summed E-state index contributed by atoms with van der Waals surface area (Å²) in [5, 5.41) is 6.26. The van der Waals surface area contributed by atoms with Crippen LogP contribution < -0.4 is 11.1 Å². The summed E-state index contributed by atoms with van der Waals surface area (Å²) >= 11 is 3.41. The average molecular weight is 280 g/mol. The number of guanidine groups is 1. The minimum absolute atomic E-state index is 0.498. The van der Waals surface area contributed by atoms with Gasteiger partial charge in [-0.05, 0) is 24.8 Å². The topological polar surface area (TPSA) is 63.3 Å². The Bertz CT molecular complexity index is 502. The van der Waals surface area contributed by atoms with E-state index in [-0.39, 0.29) is 0 Å². The van der Waals surface area contributed by atoms with Gasteiger partial charge in [0.05, 0.1) is 11.6 Å². The van der Waals surface area contributed by atoms with Crippen molar-refractivity contribution in [3.63, 3.8) is 0 Å².